The maximum atomic E-state index is 11.8. The van der Waals surface area contributed by atoms with Gasteiger partial charge in [-0.2, -0.15) is 0 Å². The predicted octanol–water partition coefficient (Wildman–Crippen LogP) is 2.69. The lowest BCUT2D eigenvalue weighted by Crippen LogP contribution is -2.22. The molecule has 0 radical (unpaired) electrons. The van der Waals surface area contributed by atoms with Crippen LogP contribution < -0.4 is 5.32 Å². The number of aryl methyl sites for hydroxylation is 2. The first-order valence-electron chi connectivity index (χ1n) is 5.43. The Kier molecular flexibility index (Phi) is 3.54. The number of amides is 1. The average Bonchev–Trinajstić information content (AvgIpc) is 2.67. The van der Waals surface area contributed by atoms with Gasteiger partial charge in [0.2, 0.25) is 0 Å². The summed E-state index contributed by atoms with van der Waals surface area (Å²) in [5, 5.41) is 3.81. The zero-order valence-electron chi connectivity index (χ0n) is 9.86. The molecule has 17 heavy (non-hydrogen) atoms. The summed E-state index contributed by atoms with van der Waals surface area (Å²) in [6.45, 7) is 4.51. The number of nitrogens with zero attached hydrogens (tertiary/aromatic N) is 1. The Bertz CT molecular complexity index is 500. The molecule has 0 spiro atoms. The molecule has 1 aromatic heterocycles. The number of hydrogen-bond donors (Lipinski definition) is 1. The highest BCUT2D eigenvalue weighted by molar-refractivity contribution is 7.11. The van der Waals surface area contributed by atoms with Gasteiger partial charge in [-0.25, -0.2) is 4.98 Å². The summed E-state index contributed by atoms with van der Waals surface area (Å²) in [5.74, 6) is -0.0592. The van der Waals surface area contributed by atoms with Crippen LogP contribution in [-0.2, 0) is 6.54 Å². The minimum absolute atomic E-state index is 0.0592. The van der Waals surface area contributed by atoms with Gasteiger partial charge in [0.25, 0.3) is 5.91 Å². The SMILES string of the molecule is Cc1nc(CNC(=O)c2ccccc2)sc1C. The van der Waals surface area contributed by atoms with E-state index in [9.17, 15) is 4.79 Å². The van der Waals surface area contributed by atoms with Gasteiger partial charge in [-0.3, -0.25) is 4.79 Å². The van der Waals surface area contributed by atoms with E-state index < -0.39 is 0 Å². The summed E-state index contributed by atoms with van der Waals surface area (Å²) in [6.07, 6.45) is 0. The number of aromatic nitrogens is 1. The second kappa shape index (κ2) is 5.10. The summed E-state index contributed by atoms with van der Waals surface area (Å²) < 4.78 is 0. The van der Waals surface area contributed by atoms with Crippen molar-refractivity contribution < 1.29 is 4.79 Å². The normalized spacial score (nSPS) is 10.2. The van der Waals surface area contributed by atoms with Crippen molar-refractivity contribution in [3.05, 3.63) is 51.5 Å². The molecule has 3 nitrogen and oxygen atoms in total. The lowest BCUT2D eigenvalue weighted by atomic mass is 10.2. The van der Waals surface area contributed by atoms with Crippen LogP contribution in [0.3, 0.4) is 0 Å². The van der Waals surface area contributed by atoms with Crippen molar-refractivity contribution in [2.45, 2.75) is 20.4 Å². The molecular weight excluding hydrogens is 232 g/mol. The van der Waals surface area contributed by atoms with Crippen molar-refractivity contribution in [1.82, 2.24) is 10.3 Å². The largest absolute Gasteiger partial charge is 0.346 e. The zero-order valence-corrected chi connectivity index (χ0v) is 10.7. The van der Waals surface area contributed by atoms with Gasteiger partial charge in [0, 0.05) is 10.4 Å². The van der Waals surface area contributed by atoms with E-state index in [2.05, 4.69) is 10.3 Å². The molecule has 0 unspecified atom stereocenters. The minimum Gasteiger partial charge on any atom is -0.346 e. The average molecular weight is 246 g/mol. The van der Waals surface area contributed by atoms with Crippen LogP contribution in [0.15, 0.2) is 30.3 Å². The number of carbonyl (C=O) groups excluding carboxylic acids is 1. The van der Waals surface area contributed by atoms with Gasteiger partial charge in [0.05, 0.1) is 12.2 Å². The van der Waals surface area contributed by atoms with Crippen molar-refractivity contribution in [3.63, 3.8) is 0 Å². The number of rotatable bonds is 3. The fraction of sp³-hybridized carbons (Fsp3) is 0.231. The first-order chi connectivity index (χ1) is 8.16. The Morgan fingerprint density at radius 3 is 2.59 bits per heavy atom. The molecule has 0 aliphatic heterocycles. The lowest BCUT2D eigenvalue weighted by Gasteiger charge is -2.02. The molecule has 1 aromatic carbocycles. The summed E-state index contributed by atoms with van der Waals surface area (Å²) in [5.41, 5.74) is 1.72. The van der Waals surface area contributed by atoms with Crippen LogP contribution in [0.2, 0.25) is 0 Å². The van der Waals surface area contributed by atoms with Crippen LogP contribution in [0.5, 0.6) is 0 Å². The number of benzene rings is 1. The second-order valence-electron chi connectivity index (χ2n) is 3.80. The number of nitrogens with one attached hydrogen (secondary N) is 1. The molecule has 1 amide bonds. The van der Waals surface area contributed by atoms with Crippen molar-refractivity contribution in [1.29, 1.82) is 0 Å². The van der Waals surface area contributed by atoms with Crippen LogP contribution in [-0.4, -0.2) is 10.9 Å². The van der Waals surface area contributed by atoms with Crippen LogP contribution in [0.25, 0.3) is 0 Å². The number of thiazole rings is 1. The summed E-state index contributed by atoms with van der Waals surface area (Å²) >= 11 is 1.63. The van der Waals surface area contributed by atoms with Crippen molar-refractivity contribution in [2.75, 3.05) is 0 Å². The highest BCUT2D eigenvalue weighted by Crippen LogP contribution is 2.16. The van der Waals surface area contributed by atoms with E-state index in [-0.39, 0.29) is 5.91 Å². The number of carbonyl (C=O) groups is 1. The van der Waals surface area contributed by atoms with Crippen LogP contribution in [0.4, 0.5) is 0 Å². The Balaban J connectivity index is 1.97. The van der Waals surface area contributed by atoms with E-state index in [1.54, 1.807) is 23.5 Å². The molecule has 4 heteroatoms. The molecule has 88 valence electrons. The third-order valence-corrected chi connectivity index (χ3v) is 3.58. The summed E-state index contributed by atoms with van der Waals surface area (Å²) in [6, 6.07) is 9.20. The maximum absolute atomic E-state index is 11.8. The molecule has 1 N–H and O–H groups in total. The molecule has 0 bridgehead atoms. The van der Waals surface area contributed by atoms with Gasteiger partial charge >= 0.3 is 0 Å². The first kappa shape index (κ1) is 11.8. The third-order valence-electron chi connectivity index (χ3n) is 2.51. The molecule has 1 heterocycles. The van der Waals surface area contributed by atoms with E-state index in [0.29, 0.717) is 12.1 Å². The molecule has 2 aromatic rings. The smallest absolute Gasteiger partial charge is 0.251 e. The Morgan fingerprint density at radius 2 is 2.00 bits per heavy atom. The minimum atomic E-state index is -0.0592. The quantitative estimate of drug-likeness (QED) is 0.904. The second-order valence-corrected chi connectivity index (χ2v) is 5.09. The van der Waals surface area contributed by atoms with E-state index >= 15 is 0 Å². The van der Waals surface area contributed by atoms with Gasteiger partial charge in [-0.15, -0.1) is 11.3 Å². The summed E-state index contributed by atoms with van der Waals surface area (Å²) in [7, 11) is 0. The standard InChI is InChI=1S/C13H14N2OS/c1-9-10(2)17-12(15-9)8-14-13(16)11-6-4-3-5-7-11/h3-7H,8H2,1-2H3,(H,14,16). The van der Waals surface area contributed by atoms with Gasteiger partial charge in [0.15, 0.2) is 0 Å². The van der Waals surface area contributed by atoms with E-state index in [4.69, 9.17) is 0 Å². The van der Waals surface area contributed by atoms with Gasteiger partial charge < -0.3 is 5.32 Å². The molecular formula is C13H14N2OS. The Morgan fingerprint density at radius 1 is 1.29 bits per heavy atom. The lowest BCUT2D eigenvalue weighted by molar-refractivity contribution is 0.0951. The van der Waals surface area contributed by atoms with E-state index in [1.165, 1.54) is 4.88 Å². The highest BCUT2D eigenvalue weighted by Gasteiger charge is 2.07. The molecule has 2 rings (SSSR count). The highest BCUT2D eigenvalue weighted by atomic mass is 32.1. The van der Waals surface area contributed by atoms with E-state index in [1.807, 2.05) is 32.0 Å². The molecule has 0 fully saturated rings. The number of hydrogen-bond acceptors (Lipinski definition) is 3. The van der Waals surface area contributed by atoms with Gasteiger partial charge in [0.1, 0.15) is 5.01 Å². The third kappa shape index (κ3) is 2.91. The summed E-state index contributed by atoms with van der Waals surface area (Å²) in [4.78, 5) is 17.4. The maximum Gasteiger partial charge on any atom is 0.251 e. The van der Waals surface area contributed by atoms with E-state index in [0.717, 1.165) is 10.7 Å². The predicted molar refractivity (Wildman–Crippen MR) is 69.2 cm³/mol. The molecule has 0 saturated carbocycles. The molecule has 0 aliphatic carbocycles. The topological polar surface area (TPSA) is 42.0 Å². The fourth-order valence-electron chi connectivity index (χ4n) is 1.46. The zero-order chi connectivity index (χ0) is 12.3. The molecule has 0 aliphatic rings. The van der Waals surface area contributed by atoms with Crippen molar-refractivity contribution in [3.8, 4) is 0 Å². The molecule has 0 atom stereocenters. The van der Waals surface area contributed by atoms with Crippen LogP contribution >= 0.6 is 11.3 Å². The molecule has 0 saturated heterocycles. The monoisotopic (exact) mass is 246 g/mol. The van der Waals surface area contributed by atoms with Crippen molar-refractivity contribution >= 4 is 17.2 Å². The van der Waals surface area contributed by atoms with Gasteiger partial charge in [-0.1, -0.05) is 18.2 Å². The van der Waals surface area contributed by atoms with Crippen LogP contribution in [0.1, 0.15) is 25.9 Å². The Hall–Kier alpha value is -1.68. The fourth-order valence-corrected chi connectivity index (χ4v) is 2.34. The van der Waals surface area contributed by atoms with Crippen molar-refractivity contribution in [2.24, 2.45) is 0 Å². The van der Waals surface area contributed by atoms with Gasteiger partial charge in [-0.05, 0) is 26.0 Å². The van der Waals surface area contributed by atoms with Crippen LogP contribution in [0, 0.1) is 13.8 Å². The Labute approximate surface area is 105 Å². The first-order valence-corrected chi connectivity index (χ1v) is 6.24.